The van der Waals surface area contributed by atoms with Crippen LogP contribution in [0.1, 0.15) is 118 Å². The van der Waals surface area contributed by atoms with Gasteiger partial charge in [-0.05, 0) is 33.1 Å². The van der Waals surface area contributed by atoms with Crippen LogP contribution in [0.4, 0.5) is 0 Å². The monoisotopic (exact) mass is 343 g/mol. The third kappa shape index (κ3) is 14.3. The first-order valence-electron chi connectivity index (χ1n) is 11.1. The van der Waals surface area contributed by atoms with Crippen molar-refractivity contribution in [2.24, 2.45) is 0 Å². The molecule has 2 heteroatoms. The van der Waals surface area contributed by atoms with E-state index in [0.717, 1.165) is 0 Å². The zero-order chi connectivity index (χ0) is 17.2. The van der Waals surface area contributed by atoms with Gasteiger partial charge in [0.2, 0.25) is 0 Å². The molecular formula is C22H49NO. The lowest BCUT2D eigenvalue weighted by Crippen LogP contribution is -2.49. The fourth-order valence-corrected chi connectivity index (χ4v) is 3.75. The van der Waals surface area contributed by atoms with Crippen LogP contribution in [0.25, 0.3) is 0 Å². The van der Waals surface area contributed by atoms with Crippen molar-refractivity contribution in [1.29, 1.82) is 0 Å². The summed E-state index contributed by atoms with van der Waals surface area (Å²) in [6, 6.07) is 0. The van der Waals surface area contributed by atoms with E-state index >= 15 is 0 Å². The van der Waals surface area contributed by atoms with E-state index in [-0.39, 0.29) is 5.48 Å². The van der Waals surface area contributed by atoms with E-state index in [2.05, 4.69) is 27.7 Å². The lowest BCUT2D eigenvalue weighted by molar-refractivity contribution is -0.925. The maximum absolute atomic E-state index is 2.39. The van der Waals surface area contributed by atoms with Crippen LogP contribution in [0.3, 0.4) is 0 Å². The molecule has 0 unspecified atom stereocenters. The molecule has 0 aromatic rings. The molecule has 0 bridgehead atoms. The molecule has 0 aromatic carbocycles. The molecule has 0 aliphatic rings. The van der Waals surface area contributed by atoms with Crippen LogP contribution < -0.4 is 0 Å². The predicted molar refractivity (Wildman–Crippen MR) is 109 cm³/mol. The third-order valence-electron chi connectivity index (χ3n) is 5.81. The molecule has 1 N–H and O–H groups in total. The van der Waals surface area contributed by atoms with E-state index in [0.29, 0.717) is 0 Å². The molecule has 0 fully saturated rings. The minimum absolute atomic E-state index is 0. The standard InChI is InChI=1S/C22H48N.H2O/c1-5-9-11-12-13-14-15-16-17-18-19-20-22-23(7-3,8-4)21-10-6-2;/h5-22H2,1-4H3;1H2/q+1;/p-1. The van der Waals surface area contributed by atoms with Gasteiger partial charge in [-0.1, -0.05) is 84.5 Å². The normalized spacial score (nSPS) is 11.5. The summed E-state index contributed by atoms with van der Waals surface area (Å²) in [6.07, 6.45) is 20.3. The Bertz CT molecular complexity index is 226. The van der Waals surface area contributed by atoms with Crippen molar-refractivity contribution in [3.8, 4) is 0 Å². The summed E-state index contributed by atoms with van der Waals surface area (Å²) >= 11 is 0. The number of unbranched alkanes of at least 4 members (excludes halogenated alkanes) is 12. The van der Waals surface area contributed by atoms with Gasteiger partial charge in [-0.2, -0.15) is 0 Å². The summed E-state index contributed by atoms with van der Waals surface area (Å²) in [7, 11) is 0. The van der Waals surface area contributed by atoms with Crippen LogP contribution in [0, 0.1) is 0 Å². The van der Waals surface area contributed by atoms with Crippen molar-refractivity contribution < 1.29 is 9.96 Å². The van der Waals surface area contributed by atoms with Crippen LogP contribution in [0.2, 0.25) is 0 Å². The fraction of sp³-hybridized carbons (Fsp3) is 1.00. The first-order chi connectivity index (χ1) is 11.2. The molecule has 0 radical (unpaired) electrons. The van der Waals surface area contributed by atoms with Crippen molar-refractivity contribution in [2.45, 2.75) is 118 Å². The molecule has 0 saturated carbocycles. The Morgan fingerprint density at radius 3 is 1.12 bits per heavy atom. The summed E-state index contributed by atoms with van der Waals surface area (Å²) in [6.45, 7) is 14.9. The van der Waals surface area contributed by atoms with Crippen LogP contribution in [-0.2, 0) is 0 Å². The molecule has 148 valence electrons. The van der Waals surface area contributed by atoms with Crippen LogP contribution >= 0.6 is 0 Å². The minimum atomic E-state index is 0. The Balaban J connectivity index is 0. The summed E-state index contributed by atoms with van der Waals surface area (Å²) in [4.78, 5) is 0. The minimum Gasteiger partial charge on any atom is -0.870 e. The molecule has 0 saturated heterocycles. The first kappa shape index (κ1) is 26.2. The quantitative estimate of drug-likeness (QED) is 0.192. The summed E-state index contributed by atoms with van der Waals surface area (Å²) in [5, 5.41) is 0. The van der Waals surface area contributed by atoms with E-state index in [1.165, 1.54) is 121 Å². The predicted octanol–water partition coefficient (Wildman–Crippen LogP) is 7.17. The fourth-order valence-electron chi connectivity index (χ4n) is 3.75. The van der Waals surface area contributed by atoms with Crippen LogP contribution in [0.15, 0.2) is 0 Å². The highest BCUT2D eigenvalue weighted by Crippen LogP contribution is 2.15. The van der Waals surface area contributed by atoms with Gasteiger partial charge in [-0.15, -0.1) is 0 Å². The highest BCUT2D eigenvalue weighted by molar-refractivity contribution is 4.50. The molecule has 24 heavy (non-hydrogen) atoms. The largest absolute Gasteiger partial charge is 0.870 e. The van der Waals surface area contributed by atoms with E-state index in [1.807, 2.05) is 0 Å². The van der Waals surface area contributed by atoms with Crippen LogP contribution in [0.5, 0.6) is 0 Å². The average Bonchev–Trinajstić information content (AvgIpc) is 2.59. The van der Waals surface area contributed by atoms with E-state index in [4.69, 9.17) is 0 Å². The van der Waals surface area contributed by atoms with Gasteiger partial charge in [0, 0.05) is 0 Å². The highest BCUT2D eigenvalue weighted by Gasteiger charge is 2.21. The second-order valence-electron chi connectivity index (χ2n) is 7.66. The lowest BCUT2D eigenvalue weighted by atomic mass is 10.0. The zero-order valence-corrected chi connectivity index (χ0v) is 17.6. The van der Waals surface area contributed by atoms with Crippen molar-refractivity contribution in [2.75, 3.05) is 26.2 Å². The molecule has 0 aliphatic carbocycles. The lowest BCUT2D eigenvalue weighted by Gasteiger charge is -2.37. The van der Waals surface area contributed by atoms with Crippen molar-refractivity contribution in [3.63, 3.8) is 0 Å². The Kier molecular flexibility index (Phi) is 21.0. The van der Waals surface area contributed by atoms with Gasteiger partial charge in [-0.25, -0.2) is 0 Å². The molecule has 0 heterocycles. The van der Waals surface area contributed by atoms with E-state index in [1.54, 1.807) is 0 Å². The van der Waals surface area contributed by atoms with Gasteiger partial charge in [0.25, 0.3) is 0 Å². The number of hydrogen-bond acceptors (Lipinski definition) is 1. The van der Waals surface area contributed by atoms with Gasteiger partial charge >= 0.3 is 0 Å². The maximum Gasteiger partial charge on any atom is 0.0786 e. The second kappa shape index (κ2) is 19.2. The summed E-state index contributed by atoms with van der Waals surface area (Å²) in [5.74, 6) is 0. The first-order valence-corrected chi connectivity index (χ1v) is 11.1. The summed E-state index contributed by atoms with van der Waals surface area (Å²) < 4.78 is 1.37. The molecule has 2 nitrogen and oxygen atoms in total. The smallest absolute Gasteiger partial charge is 0.0786 e. The van der Waals surface area contributed by atoms with E-state index < -0.39 is 0 Å². The van der Waals surface area contributed by atoms with Gasteiger partial charge in [0.05, 0.1) is 26.2 Å². The zero-order valence-electron chi connectivity index (χ0n) is 17.6. The molecular weight excluding hydrogens is 294 g/mol. The SMILES string of the molecule is CCCCCCCCCCCCCC[N+](CC)(CC)CCCC.[OH-]. The molecule has 0 aliphatic heterocycles. The number of rotatable bonds is 18. The van der Waals surface area contributed by atoms with E-state index in [9.17, 15) is 0 Å². The maximum atomic E-state index is 2.39. The van der Waals surface area contributed by atoms with Crippen molar-refractivity contribution in [3.05, 3.63) is 0 Å². The second-order valence-corrected chi connectivity index (χ2v) is 7.66. The Hall–Kier alpha value is -0.0800. The van der Waals surface area contributed by atoms with Crippen LogP contribution in [-0.4, -0.2) is 36.1 Å². The third-order valence-corrected chi connectivity index (χ3v) is 5.81. The number of nitrogens with zero attached hydrogens (tertiary/aromatic N) is 1. The molecule has 0 aromatic heterocycles. The topological polar surface area (TPSA) is 30.0 Å². The number of hydrogen-bond donors (Lipinski definition) is 0. The molecule has 0 rings (SSSR count). The van der Waals surface area contributed by atoms with Gasteiger partial charge in [0.1, 0.15) is 0 Å². The van der Waals surface area contributed by atoms with Gasteiger partial charge in [0.15, 0.2) is 0 Å². The van der Waals surface area contributed by atoms with Gasteiger partial charge < -0.3 is 9.96 Å². The Labute approximate surface area is 154 Å². The Morgan fingerprint density at radius 1 is 0.417 bits per heavy atom. The van der Waals surface area contributed by atoms with Crippen molar-refractivity contribution >= 4 is 0 Å². The average molecular weight is 344 g/mol. The Morgan fingerprint density at radius 2 is 0.750 bits per heavy atom. The highest BCUT2D eigenvalue weighted by atomic mass is 16.0. The molecule has 0 spiro atoms. The summed E-state index contributed by atoms with van der Waals surface area (Å²) in [5.41, 5.74) is 0. The van der Waals surface area contributed by atoms with Crippen molar-refractivity contribution in [1.82, 2.24) is 0 Å². The number of quaternary nitrogens is 1. The molecule has 0 atom stereocenters. The molecule has 0 amide bonds. The van der Waals surface area contributed by atoms with Gasteiger partial charge in [-0.3, -0.25) is 0 Å².